The van der Waals surface area contributed by atoms with E-state index in [-0.39, 0.29) is 5.75 Å². The fourth-order valence-corrected chi connectivity index (χ4v) is 2.58. The lowest BCUT2D eigenvalue weighted by Gasteiger charge is -2.19. The van der Waals surface area contributed by atoms with E-state index >= 15 is 0 Å². The maximum atomic E-state index is 13.7. The van der Waals surface area contributed by atoms with Crippen molar-refractivity contribution in [1.82, 2.24) is 0 Å². The Labute approximate surface area is 167 Å². The average molecular weight is 401 g/mol. The molecule has 3 rings (SSSR count). The first-order valence-electron chi connectivity index (χ1n) is 8.89. The highest BCUT2D eigenvalue weighted by Crippen LogP contribution is 2.32. The first kappa shape index (κ1) is 20.2. The Morgan fingerprint density at radius 3 is 2.62 bits per heavy atom. The summed E-state index contributed by atoms with van der Waals surface area (Å²) in [5, 5.41) is 2.65. The van der Waals surface area contributed by atoms with Crippen LogP contribution in [0, 0.1) is 5.82 Å². The van der Waals surface area contributed by atoms with Crippen molar-refractivity contribution in [3.8, 4) is 17.2 Å². The number of fused-ring (bicyclic) bond motifs is 1. The van der Waals surface area contributed by atoms with Crippen LogP contribution in [0.1, 0.15) is 12.5 Å². The Kier molecular flexibility index (Phi) is 6.33. The number of anilines is 1. The van der Waals surface area contributed by atoms with Gasteiger partial charge >= 0.3 is 5.97 Å². The molecule has 152 valence electrons. The maximum absolute atomic E-state index is 13.7. The summed E-state index contributed by atoms with van der Waals surface area (Å²) >= 11 is 0. The molecule has 1 aliphatic heterocycles. The van der Waals surface area contributed by atoms with Crippen molar-refractivity contribution in [3.05, 3.63) is 53.9 Å². The fourth-order valence-electron chi connectivity index (χ4n) is 2.58. The van der Waals surface area contributed by atoms with Gasteiger partial charge < -0.3 is 24.3 Å². The minimum Gasteiger partial charge on any atom is -0.494 e. The van der Waals surface area contributed by atoms with Gasteiger partial charge in [0.2, 0.25) is 0 Å². The van der Waals surface area contributed by atoms with E-state index in [2.05, 4.69) is 5.32 Å². The fraction of sp³-hybridized carbons (Fsp3) is 0.238. The van der Waals surface area contributed by atoms with Crippen molar-refractivity contribution in [2.45, 2.75) is 13.0 Å². The number of carbonyl (C=O) groups is 2. The van der Waals surface area contributed by atoms with Crippen molar-refractivity contribution >= 4 is 23.6 Å². The molecule has 0 spiro atoms. The molecular weight excluding hydrogens is 381 g/mol. The van der Waals surface area contributed by atoms with Crippen LogP contribution in [0.4, 0.5) is 10.1 Å². The van der Waals surface area contributed by atoms with Crippen molar-refractivity contribution in [1.29, 1.82) is 0 Å². The molecule has 29 heavy (non-hydrogen) atoms. The zero-order chi connectivity index (χ0) is 20.8. The van der Waals surface area contributed by atoms with E-state index < -0.39 is 23.8 Å². The van der Waals surface area contributed by atoms with Crippen LogP contribution in [0.5, 0.6) is 17.2 Å². The summed E-state index contributed by atoms with van der Waals surface area (Å²) in [7, 11) is 1.36. The minimum absolute atomic E-state index is 0.106. The van der Waals surface area contributed by atoms with E-state index in [1.54, 1.807) is 24.3 Å². The SMILES string of the molecule is COc1ccc(/C=C/C(=O)O[C@@H](C)C(=O)Nc2ccc3c(c2)OCCO3)cc1F. The molecule has 0 radical (unpaired) electrons. The molecule has 1 N–H and O–H groups in total. The third kappa shape index (κ3) is 5.25. The molecule has 0 unspecified atom stereocenters. The van der Waals surface area contributed by atoms with Gasteiger partial charge in [-0.3, -0.25) is 4.79 Å². The van der Waals surface area contributed by atoms with E-state index in [0.29, 0.717) is 36.0 Å². The van der Waals surface area contributed by atoms with E-state index in [0.717, 1.165) is 6.08 Å². The largest absolute Gasteiger partial charge is 0.494 e. The summed E-state index contributed by atoms with van der Waals surface area (Å²) in [6.07, 6.45) is 1.47. The van der Waals surface area contributed by atoms with Crippen LogP contribution in [-0.2, 0) is 14.3 Å². The molecule has 0 aliphatic carbocycles. The van der Waals surface area contributed by atoms with Crippen LogP contribution in [0.25, 0.3) is 6.08 Å². The topological polar surface area (TPSA) is 83.1 Å². The summed E-state index contributed by atoms with van der Waals surface area (Å²) in [5.41, 5.74) is 0.944. The number of hydrogen-bond acceptors (Lipinski definition) is 6. The maximum Gasteiger partial charge on any atom is 0.331 e. The van der Waals surface area contributed by atoms with Crippen molar-refractivity contribution in [2.75, 3.05) is 25.6 Å². The van der Waals surface area contributed by atoms with E-state index in [4.69, 9.17) is 18.9 Å². The van der Waals surface area contributed by atoms with E-state index in [1.807, 2.05) is 0 Å². The number of amides is 1. The molecular formula is C21H20FNO6. The molecule has 0 fully saturated rings. The first-order chi connectivity index (χ1) is 14.0. The smallest absolute Gasteiger partial charge is 0.331 e. The van der Waals surface area contributed by atoms with Crippen LogP contribution in [0.3, 0.4) is 0 Å². The molecule has 0 saturated carbocycles. The van der Waals surface area contributed by atoms with Gasteiger partial charge in [0, 0.05) is 17.8 Å². The Morgan fingerprint density at radius 1 is 1.14 bits per heavy atom. The van der Waals surface area contributed by atoms with Gasteiger partial charge in [-0.1, -0.05) is 6.07 Å². The molecule has 1 amide bonds. The predicted molar refractivity (Wildman–Crippen MR) is 104 cm³/mol. The number of nitrogens with one attached hydrogen (secondary N) is 1. The van der Waals surface area contributed by atoms with Gasteiger partial charge in [-0.05, 0) is 42.8 Å². The summed E-state index contributed by atoms with van der Waals surface area (Å²) in [6, 6.07) is 9.25. The second kappa shape index (κ2) is 9.09. The number of benzene rings is 2. The molecule has 1 atom stereocenters. The van der Waals surface area contributed by atoms with Crippen LogP contribution < -0.4 is 19.5 Å². The van der Waals surface area contributed by atoms with Gasteiger partial charge in [-0.25, -0.2) is 9.18 Å². The quantitative estimate of drug-likeness (QED) is 0.591. The third-order valence-electron chi connectivity index (χ3n) is 4.06. The number of esters is 1. The summed E-state index contributed by atoms with van der Waals surface area (Å²) in [5.74, 6) is -0.531. The predicted octanol–water partition coefficient (Wildman–Crippen LogP) is 3.19. The van der Waals surface area contributed by atoms with Crippen molar-refractivity contribution in [3.63, 3.8) is 0 Å². The molecule has 1 aliphatic rings. The van der Waals surface area contributed by atoms with E-state index in [1.165, 1.54) is 32.2 Å². The second-order valence-corrected chi connectivity index (χ2v) is 6.15. The van der Waals surface area contributed by atoms with Crippen LogP contribution >= 0.6 is 0 Å². The van der Waals surface area contributed by atoms with Crippen molar-refractivity contribution in [2.24, 2.45) is 0 Å². The lowest BCUT2D eigenvalue weighted by atomic mass is 10.2. The molecule has 0 saturated heterocycles. The highest BCUT2D eigenvalue weighted by Gasteiger charge is 2.18. The Balaban J connectivity index is 1.55. The highest BCUT2D eigenvalue weighted by molar-refractivity contribution is 5.96. The minimum atomic E-state index is -1.03. The Morgan fingerprint density at radius 2 is 1.90 bits per heavy atom. The highest BCUT2D eigenvalue weighted by atomic mass is 19.1. The monoisotopic (exact) mass is 401 g/mol. The third-order valence-corrected chi connectivity index (χ3v) is 4.06. The summed E-state index contributed by atoms with van der Waals surface area (Å²) < 4.78 is 34.5. The number of methoxy groups -OCH3 is 1. The molecule has 1 heterocycles. The van der Waals surface area contributed by atoms with Gasteiger partial charge in [-0.15, -0.1) is 0 Å². The van der Waals surface area contributed by atoms with Gasteiger partial charge in [0.25, 0.3) is 5.91 Å². The second-order valence-electron chi connectivity index (χ2n) is 6.15. The lowest BCUT2D eigenvalue weighted by molar-refractivity contribution is -0.148. The van der Waals surface area contributed by atoms with Crippen LogP contribution in [-0.4, -0.2) is 38.3 Å². The first-order valence-corrected chi connectivity index (χ1v) is 8.89. The van der Waals surface area contributed by atoms with Crippen LogP contribution in [0.15, 0.2) is 42.5 Å². The normalized spacial score (nSPS) is 13.6. The molecule has 0 bridgehead atoms. The Hall–Kier alpha value is -3.55. The van der Waals surface area contributed by atoms with Crippen LogP contribution in [0.2, 0.25) is 0 Å². The number of rotatable bonds is 6. The lowest BCUT2D eigenvalue weighted by Crippen LogP contribution is -2.29. The Bertz CT molecular complexity index is 943. The average Bonchev–Trinajstić information content (AvgIpc) is 2.72. The molecule has 2 aromatic rings. The standard InChI is InChI=1S/C21H20FNO6/c1-13(21(25)23-15-5-7-18-19(12-15)28-10-9-27-18)29-20(24)8-4-14-3-6-17(26-2)16(22)11-14/h3-8,11-13H,9-10H2,1-2H3,(H,23,25)/b8-4+/t13-/m0/s1. The number of carbonyl (C=O) groups excluding carboxylic acids is 2. The van der Waals surface area contributed by atoms with Crippen molar-refractivity contribution < 1.29 is 32.9 Å². The van der Waals surface area contributed by atoms with Gasteiger partial charge in [0.15, 0.2) is 29.2 Å². The number of hydrogen-bond donors (Lipinski definition) is 1. The molecule has 8 heteroatoms. The van der Waals surface area contributed by atoms with Gasteiger partial charge in [0.1, 0.15) is 13.2 Å². The van der Waals surface area contributed by atoms with E-state index in [9.17, 15) is 14.0 Å². The molecule has 7 nitrogen and oxygen atoms in total. The summed E-state index contributed by atoms with van der Waals surface area (Å²) in [4.78, 5) is 24.2. The zero-order valence-corrected chi connectivity index (χ0v) is 15.9. The zero-order valence-electron chi connectivity index (χ0n) is 15.9. The molecule has 0 aromatic heterocycles. The number of halogens is 1. The van der Waals surface area contributed by atoms with Gasteiger partial charge in [0.05, 0.1) is 7.11 Å². The number of ether oxygens (including phenoxy) is 4. The summed E-state index contributed by atoms with van der Waals surface area (Å²) in [6.45, 7) is 2.36. The van der Waals surface area contributed by atoms with Gasteiger partial charge in [-0.2, -0.15) is 0 Å². The molecule has 2 aromatic carbocycles.